The second-order valence-corrected chi connectivity index (χ2v) is 32.0. The van der Waals surface area contributed by atoms with E-state index in [0.29, 0.717) is 43.2 Å². The summed E-state index contributed by atoms with van der Waals surface area (Å²) < 4.78 is 28.0. The molecular weight excluding hydrogens is 1530 g/mol. The van der Waals surface area contributed by atoms with E-state index in [4.69, 9.17) is 30.2 Å². The Hall–Kier alpha value is -12.0. The van der Waals surface area contributed by atoms with Gasteiger partial charge in [0, 0.05) is 128 Å². The average molecular weight is 1620 g/mol. The number of nitrogens with zero attached hydrogens (tertiary/aromatic N) is 17. The highest BCUT2D eigenvalue weighted by molar-refractivity contribution is 6.25. The third-order valence-electron chi connectivity index (χ3n) is 24.8. The van der Waals surface area contributed by atoms with E-state index in [-0.39, 0.29) is 96.8 Å². The summed E-state index contributed by atoms with van der Waals surface area (Å²) in [6.45, 7) is 14.5. The van der Waals surface area contributed by atoms with Crippen molar-refractivity contribution < 1.29 is 51.9 Å². The van der Waals surface area contributed by atoms with Crippen molar-refractivity contribution in [2.45, 2.75) is 100 Å². The van der Waals surface area contributed by atoms with E-state index in [0.717, 1.165) is 209 Å². The zero-order chi connectivity index (χ0) is 80.1. The van der Waals surface area contributed by atoms with Crippen LogP contribution in [0, 0.1) is 23.5 Å². The Morgan fingerprint density at radius 1 is 0.432 bits per heavy atom. The molecule has 0 bridgehead atoms. The molecule has 118 heavy (non-hydrogen) atoms. The van der Waals surface area contributed by atoms with E-state index in [1.165, 1.54) is 12.1 Å². The highest BCUT2D eigenvalue weighted by Crippen LogP contribution is 2.41. The standard InChI is InChI=1S/C43H45FN10O4.C25H28FN7.C18H17N3O5.ClH/c44-29-5-1-4-28(22-29)34-7-3-16-52(34)39-13-12-37-45-24-36(54(37)48-39)33-6-2-8-38(46-33)50-20-18-49(19-21-50)25-27-15-17-51(26-27)30-9-10-31-32(23-30)43(58)53(42(31)57)35-11-14-40(55)47-41(35)56;26-19-5-1-4-18(16-19)21-7-3-13-32(21)25-10-9-23-28-17-22(33(23)30-25)20-6-2-8-24(29-20)31-14-11-27-12-15-31;22-9-10-5-6-20(8-10)11-1-2-12-13(7-11)18(26)21(17(12)25)14-3-4-15(23)19-16(14)24;/h1-2,4-6,8-10,12-13,22-23,27,34-36H,3,7,11,14-21,24-26H2,(H,47,55,56);1-2,4-6,8-10,16,21-22,27H,3,7,11-15,17H2;1-2,7,9-10,14H,3-6,8H2,(H,19,23,24);1H/t27?,34-,35?,36?;21-,22?;;/m11../s1. The van der Waals surface area contributed by atoms with Gasteiger partial charge in [0.05, 0.1) is 58.8 Å². The van der Waals surface area contributed by atoms with Gasteiger partial charge in [0.15, 0.2) is 0 Å². The maximum absolute atomic E-state index is 14.1. The lowest BCUT2D eigenvalue weighted by Crippen LogP contribution is -2.54. The van der Waals surface area contributed by atoms with Gasteiger partial charge in [-0.1, -0.05) is 36.4 Å². The molecule has 6 aromatic rings. The van der Waals surface area contributed by atoms with Crippen LogP contribution in [0.5, 0.6) is 0 Å². The smallest absolute Gasteiger partial charge is 0.262 e. The van der Waals surface area contributed by atoms with Crippen molar-refractivity contribution in [2.75, 3.05) is 131 Å². The number of aromatic nitrogens is 2. The van der Waals surface area contributed by atoms with E-state index < -0.39 is 53.4 Å². The van der Waals surface area contributed by atoms with Gasteiger partial charge in [-0.3, -0.25) is 73.7 Å². The Labute approximate surface area is 686 Å². The number of amides is 8. The van der Waals surface area contributed by atoms with Gasteiger partial charge in [0.1, 0.15) is 77.1 Å². The van der Waals surface area contributed by atoms with Crippen LogP contribution in [0.4, 0.5) is 31.8 Å². The minimum absolute atomic E-state index is 0. The monoisotopic (exact) mass is 1620 g/mol. The van der Waals surface area contributed by atoms with E-state index in [9.17, 15) is 51.9 Å². The molecule has 16 heterocycles. The first-order valence-corrected chi connectivity index (χ1v) is 40.8. The van der Waals surface area contributed by atoms with Crippen LogP contribution in [0.3, 0.4) is 0 Å². The number of hydrogen-bond donors (Lipinski definition) is 3. The highest BCUT2D eigenvalue weighted by Gasteiger charge is 2.48. The molecule has 0 spiro atoms. The molecule has 0 saturated carbocycles. The van der Waals surface area contributed by atoms with Gasteiger partial charge in [-0.2, -0.15) is 10.2 Å². The molecule has 610 valence electrons. The zero-order valence-electron chi connectivity index (χ0n) is 65.1. The van der Waals surface area contributed by atoms with E-state index in [2.05, 4.69) is 81.7 Å². The second kappa shape index (κ2) is 33.6. The Kier molecular flexibility index (Phi) is 22.3. The third-order valence-corrected chi connectivity index (χ3v) is 24.8. The lowest BCUT2D eigenvalue weighted by Gasteiger charge is -2.37. The molecule has 8 saturated heterocycles. The molecular formula is C86H91ClF2N20O9. The molecule has 14 aliphatic rings. The van der Waals surface area contributed by atoms with Crippen molar-refractivity contribution in [1.82, 2.24) is 60.4 Å². The number of imide groups is 4. The fourth-order valence-electron chi connectivity index (χ4n) is 18.7. The minimum atomic E-state index is -0.972. The molecule has 0 radical (unpaired) electrons. The van der Waals surface area contributed by atoms with Crippen molar-refractivity contribution in [1.29, 1.82) is 0 Å². The van der Waals surface area contributed by atoms with Gasteiger partial charge >= 0.3 is 0 Å². The van der Waals surface area contributed by atoms with E-state index in [1.54, 1.807) is 54.6 Å². The summed E-state index contributed by atoms with van der Waals surface area (Å²) in [4.78, 5) is 148. The number of amidine groups is 4. The van der Waals surface area contributed by atoms with Crippen LogP contribution in [0.15, 0.2) is 166 Å². The van der Waals surface area contributed by atoms with E-state index >= 15 is 0 Å². The molecule has 8 fully saturated rings. The Morgan fingerprint density at radius 3 is 1.38 bits per heavy atom. The van der Waals surface area contributed by atoms with Gasteiger partial charge < -0.3 is 39.5 Å². The molecule has 6 unspecified atom stereocenters. The van der Waals surface area contributed by atoms with Crippen molar-refractivity contribution >= 4 is 112 Å². The van der Waals surface area contributed by atoms with Crippen LogP contribution < -0.4 is 35.6 Å². The second-order valence-electron chi connectivity index (χ2n) is 32.0. The number of piperazine rings is 2. The van der Waals surface area contributed by atoms with Gasteiger partial charge in [-0.15, -0.1) is 12.4 Å². The fraction of sp³-hybridized carbons (Fsp3) is 0.407. The highest BCUT2D eigenvalue weighted by atomic mass is 35.5. The molecule has 29 nitrogen and oxygen atoms in total. The maximum atomic E-state index is 14.1. The number of pyridine rings is 2. The quantitative estimate of drug-likeness (QED) is 0.0750. The van der Waals surface area contributed by atoms with Gasteiger partial charge in [-0.05, 0) is 178 Å². The normalized spacial score (nSPS) is 25.3. The number of hydrazone groups is 2. The molecule has 32 heteroatoms. The molecule has 8 amide bonds. The van der Waals surface area contributed by atoms with Crippen molar-refractivity contribution in [3.05, 3.63) is 202 Å². The number of halogens is 3. The predicted molar refractivity (Wildman–Crippen MR) is 439 cm³/mol. The number of fused-ring (bicyclic) bond motifs is 4. The molecule has 20 rings (SSSR count). The largest absolute Gasteiger partial charge is 0.371 e. The third kappa shape index (κ3) is 15.6. The first kappa shape index (κ1) is 78.6. The van der Waals surface area contributed by atoms with Gasteiger partial charge in [0.2, 0.25) is 23.6 Å². The van der Waals surface area contributed by atoms with Crippen LogP contribution in [-0.2, 0) is 24.0 Å². The predicted octanol–water partition coefficient (Wildman–Crippen LogP) is 7.39. The van der Waals surface area contributed by atoms with Crippen LogP contribution in [0.25, 0.3) is 0 Å². The lowest BCUT2D eigenvalue weighted by molar-refractivity contribution is -0.137. The summed E-state index contributed by atoms with van der Waals surface area (Å²) in [6, 6.07) is 34.8. The molecule has 14 aliphatic heterocycles. The number of rotatable bonds is 13. The Balaban J connectivity index is 0.000000140. The SMILES string of the molecule is Cl.Fc1cccc([C@H]2CCCN2C2=NN3C(=NCC3c3cccc(N4CCNCC4)n3)C=C2)c1.O=C1CCC(N2C(=O)c3ccc(N4CCC(CN5CCN(c6cccc(C7CN=C8C=CC(N9CCC[C@@H]9c9cccc(F)c9)=NN87)n6)CC5)C4)cc3C2=O)C(=O)N1.O=CC1CCN(c2ccc3c(c2)C(=O)N(C2CCC(=O)NC2=O)C3=O)C1. The number of nitrogens with one attached hydrogen (secondary N) is 3. The number of aldehydes is 1. The van der Waals surface area contributed by atoms with Crippen LogP contribution in [0.1, 0.15) is 152 Å². The number of piperidine rings is 2. The van der Waals surface area contributed by atoms with Gasteiger partial charge in [0.25, 0.3) is 23.6 Å². The van der Waals surface area contributed by atoms with Crippen LogP contribution in [-0.4, -0.2) is 245 Å². The summed E-state index contributed by atoms with van der Waals surface area (Å²) in [5.41, 5.74) is 6.71. The summed E-state index contributed by atoms with van der Waals surface area (Å²) >= 11 is 0. The fourth-order valence-corrected chi connectivity index (χ4v) is 18.7. The number of likely N-dealkylation sites (tertiary alicyclic amines) is 2. The summed E-state index contributed by atoms with van der Waals surface area (Å²) in [5.74, 6) is 1.47. The average Bonchev–Trinajstić information content (AvgIpc) is 1.61. The molecule has 8 atom stereocenters. The van der Waals surface area contributed by atoms with Crippen LogP contribution >= 0.6 is 12.4 Å². The van der Waals surface area contributed by atoms with Gasteiger partial charge in [-0.25, -0.2) is 28.8 Å². The van der Waals surface area contributed by atoms with Crippen molar-refractivity contribution in [3.8, 4) is 0 Å². The maximum Gasteiger partial charge on any atom is 0.262 e. The van der Waals surface area contributed by atoms with Crippen LogP contribution in [0.2, 0.25) is 0 Å². The first-order valence-electron chi connectivity index (χ1n) is 40.8. The molecule has 0 aliphatic carbocycles. The van der Waals surface area contributed by atoms with Crippen molar-refractivity contribution in [2.24, 2.45) is 32.0 Å². The topological polar surface area (TPSA) is 301 Å². The number of carbonyl (C=O) groups is 9. The Bertz CT molecular complexity index is 5220. The number of carbonyl (C=O) groups excluding carboxylic acids is 9. The summed E-state index contributed by atoms with van der Waals surface area (Å²) in [7, 11) is 0. The number of anilines is 4. The number of aliphatic imine (C=N–C) groups is 2. The molecule has 4 aromatic carbocycles. The Morgan fingerprint density at radius 2 is 0.898 bits per heavy atom. The summed E-state index contributed by atoms with van der Waals surface area (Å²) in [6.07, 6.45) is 15.4. The first-order chi connectivity index (χ1) is 57.0. The minimum Gasteiger partial charge on any atom is -0.371 e. The number of hydrogen-bond acceptors (Lipinski definition) is 25. The van der Waals surface area contributed by atoms with E-state index in [1.807, 2.05) is 57.4 Å². The van der Waals surface area contributed by atoms with Crippen molar-refractivity contribution in [3.63, 3.8) is 0 Å². The molecule has 2 aromatic heterocycles. The molecule has 3 N–H and O–H groups in total. The number of benzene rings is 4. The summed E-state index contributed by atoms with van der Waals surface area (Å²) in [5, 5.41) is 22.0. The lowest BCUT2D eigenvalue weighted by atomic mass is 10.0. The zero-order valence-corrected chi connectivity index (χ0v) is 65.9.